The van der Waals surface area contributed by atoms with Crippen LogP contribution in [0.1, 0.15) is 37.9 Å². The quantitative estimate of drug-likeness (QED) is 0.929. The standard InChI is InChI=1S/C12H20BrN3O/c1-2-5-16-12(10(13)8-15-16)11(14)9-3-6-17-7-4-9/h8-9,11H,2-7,14H2,1H3. The number of aromatic nitrogens is 2. The van der Waals surface area contributed by atoms with Gasteiger partial charge >= 0.3 is 0 Å². The van der Waals surface area contributed by atoms with E-state index in [0.29, 0.717) is 5.92 Å². The molecule has 0 aliphatic carbocycles. The lowest BCUT2D eigenvalue weighted by atomic mass is 9.90. The molecule has 1 aromatic rings. The van der Waals surface area contributed by atoms with Crippen molar-refractivity contribution in [2.45, 2.75) is 38.8 Å². The monoisotopic (exact) mass is 301 g/mol. The highest BCUT2D eigenvalue weighted by molar-refractivity contribution is 9.10. The fourth-order valence-corrected chi connectivity index (χ4v) is 2.95. The number of halogens is 1. The molecule has 1 saturated heterocycles. The van der Waals surface area contributed by atoms with Crippen LogP contribution in [-0.2, 0) is 11.3 Å². The Labute approximate surface area is 111 Å². The van der Waals surface area contributed by atoms with Crippen LogP contribution in [0.25, 0.3) is 0 Å². The van der Waals surface area contributed by atoms with Crippen molar-refractivity contribution in [2.75, 3.05) is 13.2 Å². The molecule has 0 aromatic carbocycles. The van der Waals surface area contributed by atoms with E-state index in [4.69, 9.17) is 10.5 Å². The molecule has 2 rings (SSSR count). The molecule has 4 nitrogen and oxygen atoms in total. The summed E-state index contributed by atoms with van der Waals surface area (Å²) in [5.74, 6) is 0.507. The van der Waals surface area contributed by atoms with Crippen molar-refractivity contribution in [3.05, 3.63) is 16.4 Å². The first-order chi connectivity index (χ1) is 8.24. The molecular formula is C12H20BrN3O. The smallest absolute Gasteiger partial charge is 0.0696 e. The Balaban J connectivity index is 2.16. The molecular weight excluding hydrogens is 282 g/mol. The Morgan fingerprint density at radius 3 is 2.94 bits per heavy atom. The zero-order chi connectivity index (χ0) is 12.3. The van der Waals surface area contributed by atoms with E-state index in [2.05, 4.69) is 28.0 Å². The third-order valence-electron chi connectivity index (χ3n) is 3.36. The number of nitrogens with zero attached hydrogens (tertiary/aromatic N) is 2. The van der Waals surface area contributed by atoms with E-state index in [-0.39, 0.29) is 6.04 Å². The normalized spacial score (nSPS) is 19.5. The molecule has 5 heteroatoms. The first-order valence-electron chi connectivity index (χ1n) is 6.28. The lowest BCUT2D eigenvalue weighted by Crippen LogP contribution is -2.29. The van der Waals surface area contributed by atoms with Crippen molar-refractivity contribution in [3.63, 3.8) is 0 Å². The van der Waals surface area contributed by atoms with Gasteiger partial charge in [-0.1, -0.05) is 6.92 Å². The zero-order valence-electron chi connectivity index (χ0n) is 10.2. The second-order valence-corrected chi connectivity index (χ2v) is 5.43. The van der Waals surface area contributed by atoms with Gasteiger partial charge in [0.2, 0.25) is 0 Å². The summed E-state index contributed by atoms with van der Waals surface area (Å²) in [5, 5.41) is 4.38. The number of rotatable bonds is 4. The van der Waals surface area contributed by atoms with Gasteiger partial charge in [0.25, 0.3) is 0 Å². The molecule has 1 aliphatic heterocycles. The van der Waals surface area contributed by atoms with E-state index in [0.717, 1.165) is 49.2 Å². The van der Waals surface area contributed by atoms with Crippen LogP contribution in [0.4, 0.5) is 0 Å². The molecule has 0 radical (unpaired) electrons. The highest BCUT2D eigenvalue weighted by Crippen LogP contribution is 2.32. The third kappa shape index (κ3) is 2.89. The van der Waals surface area contributed by atoms with Gasteiger partial charge in [-0.05, 0) is 41.1 Å². The fourth-order valence-electron chi connectivity index (χ4n) is 2.39. The van der Waals surface area contributed by atoms with Gasteiger partial charge in [0.15, 0.2) is 0 Å². The van der Waals surface area contributed by atoms with Crippen molar-refractivity contribution >= 4 is 15.9 Å². The molecule has 1 fully saturated rings. The predicted molar refractivity (Wildman–Crippen MR) is 70.7 cm³/mol. The number of hydrogen-bond donors (Lipinski definition) is 1. The second kappa shape index (κ2) is 5.98. The Hall–Kier alpha value is -0.390. The minimum Gasteiger partial charge on any atom is -0.381 e. The third-order valence-corrected chi connectivity index (χ3v) is 3.97. The van der Waals surface area contributed by atoms with Gasteiger partial charge in [0, 0.05) is 19.8 Å². The van der Waals surface area contributed by atoms with Gasteiger partial charge in [-0.2, -0.15) is 5.10 Å². The molecule has 0 saturated carbocycles. The lowest BCUT2D eigenvalue weighted by molar-refractivity contribution is 0.0573. The second-order valence-electron chi connectivity index (χ2n) is 4.58. The van der Waals surface area contributed by atoms with Crippen LogP contribution in [-0.4, -0.2) is 23.0 Å². The van der Waals surface area contributed by atoms with Gasteiger partial charge in [-0.3, -0.25) is 4.68 Å². The zero-order valence-corrected chi connectivity index (χ0v) is 11.8. The summed E-state index contributed by atoms with van der Waals surface area (Å²) in [6, 6.07) is 0.0577. The lowest BCUT2D eigenvalue weighted by Gasteiger charge is -2.28. The molecule has 1 aliphatic rings. The summed E-state index contributed by atoms with van der Waals surface area (Å²) in [7, 11) is 0. The number of aryl methyl sites for hydroxylation is 1. The maximum Gasteiger partial charge on any atom is 0.0696 e. The number of hydrogen-bond acceptors (Lipinski definition) is 3. The van der Waals surface area contributed by atoms with Crippen molar-refractivity contribution < 1.29 is 4.74 Å². The van der Waals surface area contributed by atoms with Crippen molar-refractivity contribution in [2.24, 2.45) is 11.7 Å². The largest absolute Gasteiger partial charge is 0.381 e. The molecule has 1 aromatic heterocycles. The summed E-state index contributed by atoms with van der Waals surface area (Å²) in [5.41, 5.74) is 7.54. The fraction of sp³-hybridized carbons (Fsp3) is 0.750. The molecule has 0 bridgehead atoms. The molecule has 17 heavy (non-hydrogen) atoms. The van der Waals surface area contributed by atoms with Crippen molar-refractivity contribution in [1.82, 2.24) is 9.78 Å². The molecule has 1 atom stereocenters. The highest BCUT2D eigenvalue weighted by Gasteiger charge is 2.26. The van der Waals surface area contributed by atoms with Crippen LogP contribution >= 0.6 is 15.9 Å². The number of nitrogens with two attached hydrogens (primary N) is 1. The molecule has 1 unspecified atom stereocenters. The van der Waals surface area contributed by atoms with Crippen LogP contribution < -0.4 is 5.73 Å². The Kier molecular flexibility index (Phi) is 4.59. The van der Waals surface area contributed by atoms with Crippen molar-refractivity contribution in [3.8, 4) is 0 Å². The van der Waals surface area contributed by atoms with Crippen LogP contribution in [0.3, 0.4) is 0 Å². The van der Waals surface area contributed by atoms with E-state index < -0.39 is 0 Å². The van der Waals surface area contributed by atoms with Gasteiger partial charge in [0.05, 0.1) is 22.4 Å². The van der Waals surface area contributed by atoms with Gasteiger partial charge in [-0.15, -0.1) is 0 Å². The minimum absolute atomic E-state index is 0.0577. The van der Waals surface area contributed by atoms with Gasteiger partial charge in [-0.25, -0.2) is 0 Å². The van der Waals surface area contributed by atoms with E-state index in [1.807, 2.05) is 10.9 Å². The minimum atomic E-state index is 0.0577. The molecule has 2 heterocycles. The number of ether oxygens (including phenoxy) is 1. The first-order valence-corrected chi connectivity index (χ1v) is 7.07. The summed E-state index contributed by atoms with van der Waals surface area (Å²) >= 11 is 3.56. The van der Waals surface area contributed by atoms with E-state index >= 15 is 0 Å². The summed E-state index contributed by atoms with van der Waals surface area (Å²) in [6.45, 7) is 4.74. The highest BCUT2D eigenvalue weighted by atomic mass is 79.9. The summed E-state index contributed by atoms with van der Waals surface area (Å²) in [6.07, 6.45) is 5.02. The molecule has 0 amide bonds. The average Bonchev–Trinajstić information content (AvgIpc) is 2.71. The predicted octanol–water partition coefficient (Wildman–Crippen LogP) is 2.48. The Morgan fingerprint density at radius 1 is 1.59 bits per heavy atom. The molecule has 96 valence electrons. The van der Waals surface area contributed by atoms with Crippen LogP contribution in [0.15, 0.2) is 10.7 Å². The molecule has 0 spiro atoms. The Bertz CT molecular complexity index is 361. The van der Waals surface area contributed by atoms with Crippen LogP contribution in [0.5, 0.6) is 0 Å². The summed E-state index contributed by atoms with van der Waals surface area (Å²) in [4.78, 5) is 0. The van der Waals surface area contributed by atoms with E-state index in [1.165, 1.54) is 0 Å². The van der Waals surface area contributed by atoms with Crippen LogP contribution in [0, 0.1) is 5.92 Å². The van der Waals surface area contributed by atoms with E-state index in [1.54, 1.807) is 0 Å². The topological polar surface area (TPSA) is 53.1 Å². The molecule has 2 N–H and O–H groups in total. The van der Waals surface area contributed by atoms with Gasteiger partial charge < -0.3 is 10.5 Å². The maximum atomic E-state index is 6.40. The van der Waals surface area contributed by atoms with E-state index in [9.17, 15) is 0 Å². The first kappa shape index (κ1) is 13.1. The van der Waals surface area contributed by atoms with Crippen LogP contribution in [0.2, 0.25) is 0 Å². The SMILES string of the molecule is CCCn1ncc(Br)c1C(N)C1CCOCC1. The Morgan fingerprint density at radius 2 is 2.29 bits per heavy atom. The van der Waals surface area contributed by atoms with Crippen molar-refractivity contribution in [1.29, 1.82) is 0 Å². The average molecular weight is 302 g/mol. The maximum absolute atomic E-state index is 6.40. The van der Waals surface area contributed by atoms with Gasteiger partial charge in [0.1, 0.15) is 0 Å². The summed E-state index contributed by atoms with van der Waals surface area (Å²) < 4.78 is 8.45.